The van der Waals surface area contributed by atoms with Crippen LogP contribution >= 0.6 is 0 Å². The van der Waals surface area contributed by atoms with Crippen molar-refractivity contribution in [2.75, 3.05) is 32.1 Å². The maximum absolute atomic E-state index is 12.1. The van der Waals surface area contributed by atoms with E-state index in [4.69, 9.17) is 9.47 Å². The molecule has 1 heterocycles. The second-order valence-electron chi connectivity index (χ2n) is 10.6. The molecule has 1 N–H and O–H groups in total. The first-order valence-corrected chi connectivity index (χ1v) is 13.9. The number of amides is 1. The topological polar surface area (TPSA) is 67.9 Å². The van der Waals surface area contributed by atoms with E-state index < -0.39 is 0 Å². The van der Waals surface area contributed by atoms with Crippen LogP contribution in [-0.2, 0) is 4.79 Å². The van der Waals surface area contributed by atoms with E-state index in [1.165, 1.54) is 5.56 Å². The minimum atomic E-state index is -0.165. The molecule has 0 radical (unpaired) electrons. The van der Waals surface area contributed by atoms with Crippen LogP contribution in [0.5, 0.6) is 11.5 Å². The lowest BCUT2D eigenvalue weighted by atomic mass is 9.89. The Bertz CT molecular complexity index is 1250. The molecule has 4 rings (SSSR count). The highest BCUT2D eigenvalue weighted by Crippen LogP contribution is 2.35. The lowest BCUT2D eigenvalue weighted by Gasteiger charge is -2.33. The van der Waals surface area contributed by atoms with Gasteiger partial charge < -0.3 is 19.7 Å². The summed E-state index contributed by atoms with van der Waals surface area (Å²) in [6.07, 6.45) is 2.81. The zero-order chi connectivity index (χ0) is 27.8. The van der Waals surface area contributed by atoms with E-state index in [-0.39, 0.29) is 23.7 Å². The molecule has 0 bridgehead atoms. The van der Waals surface area contributed by atoms with E-state index in [1.807, 2.05) is 44.2 Å². The minimum absolute atomic E-state index is 0.00512. The largest absolute Gasteiger partial charge is 0.493 e. The standard InChI is InChI=1S/C33H40N2O4/c1-23(2)33(37)34-29-12-8-11-28(21-29)25-15-18-35(19-16-25)20-17-30(26-9-6-5-7-10-26)39-32-22-27(24(3)36)13-14-31(32)38-4/h5-14,21-23,25,30H,15-20H2,1-4H3,(H,34,37). The van der Waals surface area contributed by atoms with Crippen molar-refractivity contribution >= 4 is 17.4 Å². The summed E-state index contributed by atoms with van der Waals surface area (Å²) in [6, 6.07) is 23.9. The highest BCUT2D eigenvalue weighted by Gasteiger charge is 2.23. The minimum Gasteiger partial charge on any atom is -0.493 e. The molecule has 1 unspecified atom stereocenters. The maximum atomic E-state index is 12.1. The molecule has 0 aromatic heterocycles. The van der Waals surface area contributed by atoms with Crippen molar-refractivity contribution in [3.05, 3.63) is 89.5 Å². The average molecular weight is 529 g/mol. The van der Waals surface area contributed by atoms with E-state index in [9.17, 15) is 9.59 Å². The molecule has 6 nitrogen and oxygen atoms in total. The fourth-order valence-corrected chi connectivity index (χ4v) is 5.05. The van der Waals surface area contributed by atoms with E-state index in [1.54, 1.807) is 32.2 Å². The molecule has 39 heavy (non-hydrogen) atoms. The Balaban J connectivity index is 1.39. The van der Waals surface area contributed by atoms with Gasteiger partial charge in [-0.3, -0.25) is 9.59 Å². The number of nitrogens with one attached hydrogen (secondary N) is 1. The lowest BCUT2D eigenvalue weighted by Crippen LogP contribution is -2.34. The first-order chi connectivity index (χ1) is 18.8. The normalized spacial score (nSPS) is 15.1. The van der Waals surface area contributed by atoms with Crippen molar-refractivity contribution in [1.82, 2.24) is 4.90 Å². The summed E-state index contributed by atoms with van der Waals surface area (Å²) in [6.45, 7) is 8.30. The summed E-state index contributed by atoms with van der Waals surface area (Å²) in [5, 5.41) is 3.02. The number of piperidine rings is 1. The lowest BCUT2D eigenvalue weighted by molar-refractivity contribution is -0.118. The van der Waals surface area contributed by atoms with Gasteiger partial charge in [0.15, 0.2) is 17.3 Å². The number of carbonyl (C=O) groups is 2. The fourth-order valence-electron chi connectivity index (χ4n) is 5.05. The van der Waals surface area contributed by atoms with E-state index in [2.05, 4.69) is 34.5 Å². The summed E-state index contributed by atoms with van der Waals surface area (Å²) >= 11 is 0. The summed E-state index contributed by atoms with van der Waals surface area (Å²) in [4.78, 5) is 26.6. The third kappa shape index (κ3) is 7.70. The number of hydrogen-bond donors (Lipinski definition) is 1. The van der Waals surface area contributed by atoms with Gasteiger partial charge in [0.25, 0.3) is 0 Å². The Morgan fingerprint density at radius 1 is 0.949 bits per heavy atom. The van der Waals surface area contributed by atoms with Crippen LogP contribution in [0.3, 0.4) is 0 Å². The highest BCUT2D eigenvalue weighted by molar-refractivity contribution is 5.94. The van der Waals surface area contributed by atoms with Crippen LogP contribution in [0.1, 0.15) is 73.5 Å². The van der Waals surface area contributed by atoms with Gasteiger partial charge in [0.2, 0.25) is 5.91 Å². The molecule has 0 saturated carbocycles. The van der Waals surface area contributed by atoms with Crippen molar-refractivity contribution in [3.63, 3.8) is 0 Å². The number of ether oxygens (including phenoxy) is 2. The average Bonchev–Trinajstić information content (AvgIpc) is 2.96. The molecular formula is C33H40N2O4. The Hall–Kier alpha value is -3.64. The number of carbonyl (C=O) groups excluding carboxylic acids is 2. The molecule has 6 heteroatoms. The molecular weight excluding hydrogens is 488 g/mol. The van der Waals surface area contributed by atoms with E-state index in [0.717, 1.165) is 50.1 Å². The zero-order valence-corrected chi connectivity index (χ0v) is 23.5. The first kappa shape index (κ1) is 28.4. The van der Waals surface area contributed by atoms with Crippen molar-refractivity contribution in [2.24, 2.45) is 5.92 Å². The number of anilines is 1. The summed E-state index contributed by atoms with van der Waals surface area (Å²) in [5.41, 5.74) is 3.87. The predicted octanol–water partition coefficient (Wildman–Crippen LogP) is 6.88. The fraction of sp³-hybridized carbons (Fsp3) is 0.394. The Morgan fingerprint density at radius 2 is 1.69 bits per heavy atom. The quantitative estimate of drug-likeness (QED) is 0.275. The number of benzene rings is 3. The molecule has 1 amide bonds. The number of Topliss-reactive ketones (excluding diaryl/α,β-unsaturated/α-hetero) is 1. The van der Waals surface area contributed by atoms with Crippen LogP contribution in [0.4, 0.5) is 5.69 Å². The van der Waals surface area contributed by atoms with E-state index in [0.29, 0.717) is 23.0 Å². The van der Waals surface area contributed by atoms with Gasteiger partial charge in [0.05, 0.1) is 7.11 Å². The number of rotatable bonds is 11. The van der Waals surface area contributed by atoms with Gasteiger partial charge in [-0.2, -0.15) is 0 Å². The van der Waals surface area contributed by atoms with Crippen LogP contribution in [0.25, 0.3) is 0 Å². The summed E-state index contributed by atoms with van der Waals surface area (Å²) in [7, 11) is 1.62. The van der Waals surface area contributed by atoms with Gasteiger partial charge in [-0.05, 0) is 80.2 Å². The maximum Gasteiger partial charge on any atom is 0.226 e. The molecule has 0 spiro atoms. The Kier molecular flexibility index (Phi) is 9.77. The smallest absolute Gasteiger partial charge is 0.226 e. The second kappa shape index (κ2) is 13.4. The zero-order valence-electron chi connectivity index (χ0n) is 23.5. The first-order valence-electron chi connectivity index (χ1n) is 13.9. The molecule has 0 aliphatic carbocycles. The van der Waals surface area contributed by atoms with Crippen LogP contribution < -0.4 is 14.8 Å². The van der Waals surface area contributed by atoms with Crippen molar-refractivity contribution in [2.45, 2.75) is 52.1 Å². The molecule has 3 aromatic carbocycles. The number of likely N-dealkylation sites (tertiary alicyclic amines) is 1. The highest BCUT2D eigenvalue weighted by atomic mass is 16.5. The van der Waals surface area contributed by atoms with Gasteiger partial charge in [0, 0.05) is 30.1 Å². The number of nitrogens with zero attached hydrogens (tertiary/aromatic N) is 1. The summed E-state index contributed by atoms with van der Waals surface area (Å²) in [5.74, 6) is 1.68. The number of hydrogen-bond acceptors (Lipinski definition) is 5. The SMILES string of the molecule is COc1ccc(C(C)=O)cc1OC(CCN1CCC(c2cccc(NC(=O)C(C)C)c2)CC1)c1ccccc1. The molecule has 1 saturated heterocycles. The summed E-state index contributed by atoms with van der Waals surface area (Å²) < 4.78 is 12.1. The molecule has 1 aliphatic heterocycles. The Labute approximate surface area is 232 Å². The van der Waals surface area contributed by atoms with Gasteiger partial charge in [-0.1, -0.05) is 56.3 Å². The monoisotopic (exact) mass is 528 g/mol. The third-order valence-electron chi connectivity index (χ3n) is 7.46. The van der Waals surface area contributed by atoms with Crippen molar-refractivity contribution in [1.29, 1.82) is 0 Å². The van der Waals surface area contributed by atoms with Crippen molar-refractivity contribution in [3.8, 4) is 11.5 Å². The van der Waals surface area contributed by atoms with Crippen LogP contribution in [0, 0.1) is 5.92 Å². The van der Waals surface area contributed by atoms with Crippen LogP contribution in [0.2, 0.25) is 0 Å². The molecule has 1 aliphatic rings. The molecule has 1 fully saturated rings. The van der Waals surface area contributed by atoms with Crippen LogP contribution in [0.15, 0.2) is 72.8 Å². The van der Waals surface area contributed by atoms with Gasteiger partial charge in [-0.25, -0.2) is 0 Å². The van der Waals surface area contributed by atoms with Gasteiger partial charge >= 0.3 is 0 Å². The van der Waals surface area contributed by atoms with Gasteiger partial charge in [-0.15, -0.1) is 0 Å². The number of ketones is 1. The third-order valence-corrected chi connectivity index (χ3v) is 7.46. The van der Waals surface area contributed by atoms with Crippen molar-refractivity contribution < 1.29 is 19.1 Å². The predicted molar refractivity (Wildman–Crippen MR) is 156 cm³/mol. The Morgan fingerprint density at radius 3 is 2.36 bits per heavy atom. The second-order valence-corrected chi connectivity index (χ2v) is 10.6. The molecule has 1 atom stereocenters. The number of methoxy groups -OCH3 is 1. The van der Waals surface area contributed by atoms with Crippen LogP contribution in [-0.4, -0.2) is 43.3 Å². The molecule has 206 valence electrons. The molecule has 3 aromatic rings. The van der Waals surface area contributed by atoms with Gasteiger partial charge in [0.1, 0.15) is 6.10 Å². The van der Waals surface area contributed by atoms with E-state index >= 15 is 0 Å².